The molecule has 2 N–H and O–H groups in total. The molecule has 4 nitrogen and oxygen atoms in total. The van der Waals surface area contributed by atoms with Crippen molar-refractivity contribution < 1.29 is 5.11 Å². The number of likely N-dealkylation sites (N-methyl/N-ethyl adjacent to an activating group) is 1. The van der Waals surface area contributed by atoms with Crippen LogP contribution in [-0.2, 0) is 6.54 Å². The maximum atomic E-state index is 9.44. The van der Waals surface area contributed by atoms with Gasteiger partial charge in [0.2, 0.25) is 0 Å². The third kappa shape index (κ3) is 4.32. The number of aliphatic hydroxyl groups excluding tert-OH is 1. The fraction of sp³-hybridized carbons (Fsp3) is 0.800. The van der Waals surface area contributed by atoms with E-state index in [4.69, 9.17) is 0 Å². The number of aliphatic hydroxyl groups is 1. The summed E-state index contributed by atoms with van der Waals surface area (Å²) in [5.74, 6) is 0. The predicted molar refractivity (Wildman–Crippen MR) is 79.5 cm³/mol. The zero-order chi connectivity index (χ0) is 14.5. The number of nitrogens with zero attached hydrogens (tertiary/aromatic N) is 2. The number of rotatable bonds is 8. The van der Waals surface area contributed by atoms with Crippen molar-refractivity contribution in [3.63, 3.8) is 0 Å². The fourth-order valence-corrected chi connectivity index (χ4v) is 2.43. The minimum Gasteiger partial charge on any atom is -0.394 e. The van der Waals surface area contributed by atoms with Gasteiger partial charge in [-0.2, -0.15) is 5.10 Å². The van der Waals surface area contributed by atoms with E-state index >= 15 is 0 Å². The van der Waals surface area contributed by atoms with Gasteiger partial charge in [0.1, 0.15) is 0 Å². The van der Waals surface area contributed by atoms with Crippen LogP contribution < -0.4 is 5.32 Å². The van der Waals surface area contributed by atoms with Gasteiger partial charge >= 0.3 is 0 Å². The molecule has 0 aromatic carbocycles. The molecule has 1 rings (SSSR count). The topological polar surface area (TPSA) is 50.1 Å². The lowest BCUT2D eigenvalue weighted by atomic mass is 9.96. The van der Waals surface area contributed by atoms with Crippen LogP contribution in [-0.4, -0.2) is 33.6 Å². The average Bonchev–Trinajstić information content (AvgIpc) is 2.63. The van der Waals surface area contributed by atoms with Crippen LogP contribution in [0.4, 0.5) is 0 Å². The minimum absolute atomic E-state index is 0.139. The number of aryl methyl sites for hydroxylation is 2. The summed E-state index contributed by atoms with van der Waals surface area (Å²) in [4.78, 5) is 0. The Labute approximate surface area is 117 Å². The van der Waals surface area contributed by atoms with Crippen LogP contribution in [0, 0.1) is 20.8 Å². The molecule has 19 heavy (non-hydrogen) atoms. The number of hydrogen-bond donors (Lipinski definition) is 2. The maximum absolute atomic E-state index is 9.44. The van der Waals surface area contributed by atoms with E-state index in [-0.39, 0.29) is 12.1 Å². The minimum atomic E-state index is -0.139. The van der Waals surface area contributed by atoms with E-state index in [0.717, 1.165) is 38.0 Å². The van der Waals surface area contributed by atoms with Gasteiger partial charge in [0, 0.05) is 17.8 Å². The Balaban J connectivity index is 2.40. The molecule has 0 amide bonds. The molecule has 0 saturated carbocycles. The van der Waals surface area contributed by atoms with Gasteiger partial charge < -0.3 is 10.4 Å². The monoisotopic (exact) mass is 267 g/mol. The molecule has 0 aliphatic heterocycles. The van der Waals surface area contributed by atoms with Crippen molar-refractivity contribution in [2.24, 2.45) is 0 Å². The van der Waals surface area contributed by atoms with Crippen LogP contribution in [0.25, 0.3) is 0 Å². The van der Waals surface area contributed by atoms with E-state index in [0.29, 0.717) is 0 Å². The van der Waals surface area contributed by atoms with Crippen LogP contribution >= 0.6 is 0 Å². The summed E-state index contributed by atoms with van der Waals surface area (Å²) >= 11 is 0. The van der Waals surface area contributed by atoms with Crippen LogP contribution in [0.15, 0.2) is 0 Å². The third-order valence-electron chi connectivity index (χ3n) is 4.04. The molecule has 1 atom stereocenters. The Hall–Kier alpha value is -0.870. The van der Waals surface area contributed by atoms with Crippen molar-refractivity contribution in [1.82, 2.24) is 15.1 Å². The molecular formula is C15H29N3O. The highest BCUT2D eigenvalue weighted by atomic mass is 16.3. The summed E-state index contributed by atoms with van der Waals surface area (Å²) < 4.78 is 2.11. The molecule has 1 aromatic rings. The lowest BCUT2D eigenvalue weighted by Gasteiger charge is -2.28. The largest absolute Gasteiger partial charge is 0.394 e. The fourth-order valence-electron chi connectivity index (χ4n) is 2.43. The SMILES string of the molecule is CCNC(C)(CO)CCCCn1nc(C)c(C)c1C. The highest BCUT2D eigenvalue weighted by Crippen LogP contribution is 2.15. The van der Waals surface area contributed by atoms with Crippen LogP contribution in [0.3, 0.4) is 0 Å². The average molecular weight is 267 g/mol. The first-order valence-electron chi connectivity index (χ1n) is 7.30. The Kier molecular flexibility index (Phi) is 6.01. The standard InChI is InChI=1S/C15H29N3O/c1-6-16-15(5,11-19)9-7-8-10-18-14(4)12(2)13(3)17-18/h16,19H,6-11H2,1-5H3. The highest BCUT2D eigenvalue weighted by molar-refractivity contribution is 5.21. The number of aromatic nitrogens is 2. The van der Waals surface area contributed by atoms with Gasteiger partial charge in [0.05, 0.1) is 12.3 Å². The van der Waals surface area contributed by atoms with Gasteiger partial charge in [-0.05, 0) is 59.1 Å². The Bertz CT molecular complexity index is 400. The van der Waals surface area contributed by atoms with Gasteiger partial charge in [-0.3, -0.25) is 4.68 Å². The van der Waals surface area contributed by atoms with Gasteiger partial charge in [0.25, 0.3) is 0 Å². The second kappa shape index (κ2) is 7.06. The molecule has 0 aliphatic rings. The first kappa shape index (κ1) is 16.2. The molecule has 0 spiro atoms. The third-order valence-corrected chi connectivity index (χ3v) is 4.04. The first-order valence-corrected chi connectivity index (χ1v) is 7.30. The van der Waals surface area contributed by atoms with E-state index in [1.54, 1.807) is 0 Å². The van der Waals surface area contributed by atoms with E-state index in [9.17, 15) is 5.11 Å². The van der Waals surface area contributed by atoms with Gasteiger partial charge in [0.15, 0.2) is 0 Å². The van der Waals surface area contributed by atoms with Crippen molar-refractivity contribution in [3.05, 3.63) is 17.0 Å². The lowest BCUT2D eigenvalue weighted by Crippen LogP contribution is -2.45. The molecule has 0 saturated heterocycles. The number of nitrogens with one attached hydrogen (secondary N) is 1. The second-order valence-electron chi connectivity index (χ2n) is 5.73. The normalized spacial score (nSPS) is 14.6. The van der Waals surface area contributed by atoms with E-state index in [1.165, 1.54) is 11.3 Å². The van der Waals surface area contributed by atoms with Crippen LogP contribution in [0.1, 0.15) is 50.1 Å². The molecule has 0 fully saturated rings. The van der Waals surface area contributed by atoms with Crippen molar-refractivity contribution in [2.45, 2.75) is 66.0 Å². The summed E-state index contributed by atoms with van der Waals surface area (Å²) in [5, 5.41) is 17.3. The van der Waals surface area contributed by atoms with Gasteiger partial charge in [-0.15, -0.1) is 0 Å². The Morgan fingerprint density at radius 3 is 2.42 bits per heavy atom. The summed E-state index contributed by atoms with van der Waals surface area (Å²) in [6, 6.07) is 0. The zero-order valence-electron chi connectivity index (χ0n) is 13.1. The van der Waals surface area contributed by atoms with Gasteiger partial charge in [-0.1, -0.05) is 6.92 Å². The number of unbranched alkanes of at least 4 members (excludes halogenated alkanes) is 1. The summed E-state index contributed by atoms with van der Waals surface area (Å²) in [7, 11) is 0. The quantitative estimate of drug-likeness (QED) is 0.711. The summed E-state index contributed by atoms with van der Waals surface area (Å²) in [6.45, 7) is 12.5. The molecule has 1 aromatic heterocycles. The van der Waals surface area contributed by atoms with E-state index < -0.39 is 0 Å². The van der Waals surface area contributed by atoms with E-state index in [1.807, 2.05) is 0 Å². The molecule has 4 heteroatoms. The molecule has 1 heterocycles. The zero-order valence-corrected chi connectivity index (χ0v) is 13.1. The molecule has 0 aliphatic carbocycles. The highest BCUT2D eigenvalue weighted by Gasteiger charge is 2.20. The smallest absolute Gasteiger partial charge is 0.0625 e. The van der Waals surface area contributed by atoms with Gasteiger partial charge in [-0.25, -0.2) is 0 Å². The molecule has 110 valence electrons. The van der Waals surface area contributed by atoms with Crippen molar-refractivity contribution in [3.8, 4) is 0 Å². The molecule has 1 unspecified atom stereocenters. The van der Waals surface area contributed by atoms with Crippen LogP contribution in [0.5, 0.6) is 0 Å². The molecule has 0 bridgehead atoms. The van der Waals surface area contributed by atoms with Crippen molar-refractivity contribution >= 4 is 0 Å². The molecule has 0 radical (unpaired) electrons. The second-order valence-corrected chi connectivity index (χ2v) is 5.73. The Morgan fingerprint density at radius 1 is 1.26 bits per heavy atom. The summed E-state index contributed by atoms with van der Waals surface area (Å²) in [5.41, 5.74) is 3.56. The van der Waals surface area contributed by atoms with Crippen molar-refractivity contribution in [2.75, 3.05) is 13.2 Å². The lowest BCUT2D eigenvalue weighted by molar-refractivity contribution is 0.164. The maximum Gasteiger partial charge on any atom is 0.0625 e. The predicted octanol–water partition coefficient (Wildman–Crippen LogP) is 2.34. The van der Waals surface area contributed by atoms with Crippen LogP contribution in [0.2, 0.25) is 0 Å². The van der Waals surface area contributed by atoms with E-state index in [2.05, 4.69) is 49.7 Å². The summed E-state index contributed by atoms with van der Waals surface area (Å²) in [6.07, 6.45) is 3.19. The molecular weight excluding hydrogens is 238 g/mol. The van der Waals surface area contributed by atoms with Crippen molar-refractivity contribution in [1.29, 1.82) is 0 Å². The number of hydrogen-bond acceptors (Lipinski definition) is 3. The first-order chi connectivity index (χ1) is 8.93. The Morgan fingerprint density at radius 2 is 1.95 bits per heavy atom.